The molecule has 2 aromatic carbocycles. The number of hydrogen-bond donors (Lipinski definition) is 1. The Hall–Kier alpha value is -1.87. The van der Waals surface area contributed by atoms with Crippen molar-refractivity contribution in [1.29, 1.82) is 0 Å². The molecule has 0 heterocycles. The molecule has 0 radical (unpaired) electrons. The van der Waals surface area contributed by atoms with Crippen molar-refractivity contribution in [1.82, 2.24) is 5.32 Å². The standard InChI is InChI=1S/C16H19NO2/c1-3-17-15(11-16(18)19-2)14-10-6-8-12-7-4-5-9-13(12)14/h4-10,15,17H,3,11H2,1-2H3. The molecule has 3 nitrogen and oxygen atoms in total. The van der Waals surface area contributed by atoms with Gasteiger partial charge in [-0.1, -0.05) is 49.4 Å². The van der Waals surface area contributed by atoms with Gasteiger partial charge < -0.3 is 10.1 Å². The summed E-state index contributed by atoms with van der Waals surface area (Å²) in [7, 11) is 1.43. The highest BCUT2D eigenvalue weighted by atomic mass is 16.5. The number of methoxy groups -OCH3 is 1. The van der Waals surface area contributed by atoms with Crippen molar-refractivity contribution in [3.05, 3.63) is 48.0 Å². The lowest BCUT2D eigenvalue weighted by molar-refractivity contribution is -0.141. The van der Waals surface area contributed by atoms with Gasteiger partial charge in [0.25, 0.3) is 0 Å². The summed E-state index contributed by atoms with van der Waals surface area (Å²) in [4.78, 5) is 11.5. The molecule has 0 aliphatic carbocycles. The van der Waals surface area contributed by atoms with Gasteiger partial charge in [0.05, 0.1) is 13.5 Å². The van der Waals surface area contributed by atoms with E-state index in [9.17, 15) is 4.79 Å². The van der Waals surface area contributed by atoms with Gasteiger partial charge in [-0.2, -0.15) is 0 Å². The SMILES string of the molecule is CCNC(CC(=O)OC)c1cccc2ccccc12. The van der Waals surface area contributed by atoms with Crippen molar-refractivity contribution < 1.29 is 9.53 Å². The third kappa shape index (κ3) is 3.12. The van der Waals surface area contributed by atoms with Crippen LogP contribution in [0.15, 0.2) is 42.5 Å². The maximum atomic E-state index is 11.5. The molecule has 0 saturated heterocycles. The lowest BCUT2D eigenvalue weighted by Gasteiger charge is -2.19. The zero-order valence-electron chi connectivity index (χ0n) is 11.3. The predicted octanol–water partition coefficient (Wildman–Crippen LogP) is 3.05. The van der Waals surface area contributed by atoms with Gasteiger partial charge in [0.15, 0.2) is 0 Å². The van der Waals surface area contributed by atoms with Gasteiger partial charge in [0.1, 0.15) is 0 Å². The summed E-state index contributed by atoms with van der Waals surface area (Å²) in [6, 6.07) is 14.4. The molecule has 1 unspecified atom stereocenters. The first-order chi connectivity index (χ1) is 9.26. The van der Waals surface area contributed by atoms with Crippen LogP contribution < -0.4 is 5.32 Å². The Morgan fingerprint density at radius 1 is 1.21 bits per heavy atom. The first-order valence-electron chi connectivity index (χ1n) is 6.54. The number of nitrogens with one attached hydrogen (secondary N) is 1. The van der Waals surface area contributed by atoms with E-state index >= 15 is 0 Å². The molecule has 3 heteroatoms. The molecule has 0 fully saturated rings. The van der Waals surface area contributed by atoms with E-state index in [0.29, 0.717) is 6.42 Å². The van der Waals surface area contributed by atoms with Gasteiger partial charge >= 0.3 is 5.97 Å². The maximum Gasteiger partial charge on any atom is 0.307 e. The highest BCUT2D eigenvalue weighted by molar-refractivity contribution is 5.86. The Bertz CT molecular complexity index is 560. The van der Waals surface area contributed by atoms with Gasteiger partial charge in [-0.05, 0) is 22.9 Å². The van der Waals surface area contributed by atoms with E-state index < -0.39 is 0 Å². The summed E-state index contributed by atoms with van der Waals surface area (Å²) in [6.45, 7) is 2.85. The van der Waals surface area contributed by atoms with Crippen LogP contribution in [0.2, 0.25) is 0 Å². The summed E-state index contributed by atoms with van der Waals surface area (Å²) < 4.78 is 4.78. The Morgan fingerprint density at radius 2 is 1.95 bits per heavy atom. The molecule has 100 valence electrons. The monoisotopic (exact) mass is 257 g/mol. The van der Waals surface area contributed by atoms with Crippen LogP contribution in [-0.2, 0) is 9.53 Å². The Morgan fingerprint density at radius 3 is 2.68 bits per heavy atom. The molecule has 0 aromatic heterocycles. The van der Waals surface area contributed by atoms with Crippen molar-refractivity contribution in [3.63, 3.8) is 0 Å². The average molecular weight is 257 g/mol. The zero-order valence-corrected chi connectivity index (χ0v) is 11.3. The molecule has 19 heavy (non-hydrogen) atoms. The summed E-state index contributed by atoms with van der Waals surface area (Å²) in [5, 5.41) is 5.72. The molecule has 2 rings (SSSR count). The fourth-order valence-corrected chi connectivity index (χ4v) is 2.34. The first-order valence-corrected chi connectivity index (χ1v) is 6.54. The molecule has 1 N–H and O–H groups in total. The second kappa shape index (κ2) is 6.34. The van der Waals surface area contributed by atoms with E-state index in [0.717, 1.165) is 12.1 Å². The molecule has 1 atom stereocenters. The maximum absolute atomic E-state index is 11.5. The minimum absolute atomic E-state index is 0.0106. The summed E-state index contributed by atoms with van der Waals surface area (Å²) >= 11 is 0. The molecule has 0 bridgehead atoms. The first kappa shape index (κ1) is 13.6. The fourth-order valence-electron chi connectivity index (χ4n) is 2.34. The van der Waals surface area contributed by atoms with E-state index in [2.05, 4.69) is 29.6 Å². The number of carbonyl (C=O) groups excluding carboxylic acids is 1. The van der Waals surface area contributed by atoms with Gasteiger partial charge in [-0.25, -0.2) is 0 Å². The number of benzene rings is 2. The number of rotatable bonds is 5. The van der Waals surface area contributed by atoms with Crippen LogP contribution in [0.4, 0.5) is 0 Å². The quantitative estimate of drug-likeness (QED) is 0.837. The van der Waals surface area contributed by atoms with E-state index in [1.54, 1.807) is 0 Å². The summed E-state index contributed by atoms with van der Waals surface area (Å²) in [5.74, 6) is -0.195. The number of ether oxygens (including phenoxy) is 1. The number of hydrogen-bond acceptors (Lipinski definition) is 3. The molecule has 0 aliphatic heterocycles. The van der Waals surface area contributed by atoms with E-state index in [1.807, 2.05) is 25.1 Å². The molecular weight excluding hydrogens is 238 g/mol. The highest BCUT2D eigenvalue weighted by Gasteiger charge is 2.17. The fraction of sp³-hybridized carbons (Fsp3) is 0.312. The lowest BCUT2D eigenvalue weighted by atomic mass is 9.96. The Kier molecular flexibility index (Phi) is 4.53. The number of carbonyl (C=O) groups is 1. The van der Waals surface area contributed by atoms with Gasteiger partial charge in [0, 0.05) is 6.04 Å². The smallest absolute Gasteiger partial charge is 0.307 e. The van der Waals surface area contributed by atoms with Crippen LogP contribution in [0.1, 0.15) is 24.9 Å². The van der Waals surface area contributed by atoms with Crippen LogP contribution in [0.3, 0.4) is 0 Å². The van der Waals surface area contributed by atoms with Crippen molar-refractivity contribution >= 4 is 16.7 Å². The zero-order chi connectivity index (χ0) is 13.7. The summed E-state index contributed by atoms with van der Waals surface area (Å²) in [5.41, 5.74) is 1.14. The number of esters is 1. The van der Waals surface area contributed by atoms with Crippen LogP contribution in [0.5, 0.6) is 0 Å². The van der Waals surface area contributed by atoms with E-state index in [-0.39, 0.29) is 12.0 Å². The Balaban J connectivity index is 2.40. The van der Waals surface area contributed by atoms with Gasteiger partial charge in [-0.15, -0.1) is 0 Å². The van der Waals surface area contributed by atoms with Crippen LogP contribution in [0.25, 0.3) is 10.8 Å². The molecular formula is C16H19NO2. The Labute approximate surface area is 113 Å². The van der Waals surface area contributed by atoms with Crippen molar-refractivity contribution in [3.8, 4) is 0 Å². The minimum Gasteiger partial charge on any atom is -0.469 e. The predicted molar refractivity (Wildman–Crippen MR) is 77.0 cm³/mol. The molecule has 0 aliphatic rings. The molecule has 0 spiro atoms. The average Bonchev–Trinajstić information content (AvgIpc) is 2.46. The molecule has 0 saturated carbocycles. The van der Waals surface area contributed by atoms with Crippen molar-refractivity contribution in [2.24, 2.45) is 0 Å². The van der Waals surface area contributed by atoms with E-state index in [4.69, 9.17) is 4.74 Å². The van der Waals surface area contributed by atoms with Gasteiger partial charge in [-0.3, -0.25) is 4.79 Å². The van der Waals surface area contributed by atoms with Crippen LogP contribution in [-0.4, -0.2) is 19.6 Å². The van der Waals surface area contributed by atoms with Crippen LogP contribution >= 0.6 is 0 Å². The third-order valence-electron chi connectivity index (χ3n) is 3.25. The van der Waals surface area contributed by atoms with Crippen molar-refractivity contribution in [2.75, 3.05) is 13.7 Å². The normalized spacial score (nSPS) is 12.3. The lowest BCUT2D eigenvalue weighted by Crippen LogP contribution is -2.24. The minimum atomic E-state index is -0.195. The molecule has 0 amide bonds. The molecule has 2 aromatic rings. The topological polar surface area (TPSA) is 38.3 Å². The summed E-state index contributed by atoms with van der Waals surface area (Å²) in [6.07, 6.45) is 0.346. The van der Waals surface area contributed by atoms with Gasteiger partial charge in [0.2, 0.25) is 0 Å². The largest absolute Gasteiger partial charge is 0.469 e. The number of fused-ring (bicyclic) bond motifs is 1. The third-order valence-corrected chi connectivity index (χ3v) is 3.25. The second-order valence-corrected chi connectivity index (χ2v) is 4.46. The second-order valence-electron chi connectivity index (χ2n) is 4.46. The van der Waals surface area contributed by atoms with Crippen molar-refractivity contribution in [2.45, 2.75) is 19.4 Å². The van der Waals surface area contributed by atoms with Crippen LogP contribution in [0, 0.1) is 0 Å². The highest BCUT2D eigenvalue weighted by Crippen LogP contribution is 2.26. The van der Waals surface area contributed by atoms with E-state index in [1.165, 1.54) is 17.9 Å².